The highest BCUT2D eigenvalue weighted by Crippen LogP contribution is 2.30. The van der Waals surface area contributed by atoms with Crippen LogP contribution in [0.2, 0.25) is 0 Å². The summed E-state index contributed by atoms with van der Waals surface area (Å²) in [6.45, 7) is 0. The van der Waals surface area contributed by atoms with Crippen molar-refractivity contribution in [1.82, 2.24) is 4.98 Å². The van der Waals surface area contributed by atoms with Crippen molar-refractivity contribution in [2.75, 3.05) is 19.5 Å². The predicted molar refractivity (Wildman–Crippen MR) is 96.6 cm³/mol. The molecule has 1 aliphatic carbocycles. The number of nitrogens with zero attached hydrogens (tertiary/aromatic N) is 1. The molecule has 0 radical (unpaired) electrons. The standard InChI is InChI=1S/C18H18N2O4S/c1-23-14-8-6-11(10-15(14)24-2)7-9-16(22)20-18-19-12-4-3-5-13(21)17(12)25-18/h6-10H,3-5H2,1-2H3,(H,19,20,22)/b9-7+. The van der Waals surface area contributed by atoms with Gasteiger partial charge in [-0.15, -0.1) is 0 Å². The lowest BCUT2D eigenvalue weighted by Crippen LogP contribution is -2.08. The average molecular weight is 358 g/mol. The van der Waals surface area contributed by atoms with Crippen molar-refractivity contribution in [2.45, 2.75) is 19.3 Å². The van der Waals surface area contributed by atoms with Gasteiger partial charge in [0.1, 0.15) is 0 Å². The van der Waals surface area contributed by atoms with Crippen LogP contribution in [0.1, 0.15) is 33.8 Å². The maximum Gasteiger partial charge on any atom is 0.250 e. The number of carbonyl (C=O) groups excluding carboxylic acids is 2. The molecule has 0 unspecified atom stereocenters. The number of aromatic nitrogens is 1. The molecule has 6 nitrogen and oxygen atoms in total. The first-order chi connectivity index (χ1) is 12.1. The molecule has 1 aliphatic rings. The molecule has 25 heavy (non-hydrogen) atoms. The van der Waals surface area contributed by atoms with Crippen molar-refractivity contribution in [3.63, 3.8) is 0 Å². The maximum atomic E-state index is 12.1. The molecule has 0 atom stereocenters. The van der Waals surface area contributed by atoms with E-state index in [-0.39, 0.29) is 11.7 Å². The van der Waals surface area contributed by atoms with Crippen LogP contribution in [0.5, 0.6) is 11.5 Å². The topological polar surface area (TPSA) is 77.5 Å². The van der Waals surface area contributed by atoms with Crippen LogP contribution in [0.15, 0.2) is 24.3 Å². The van der Waals surface area contributed by atoms with E-state index in [1.807, 2.05) is 6.07 Å². The van der Waals surface area contributed by atoms with E-state index in [0.29, 0.717) is 27.9 Å². The molecule has 1 aromatic carbocycles. The highest BCUT2D eigenvalue weighted by molar-refractivity contribution is 7.17. The van der Waals surface area contributed by atoms with Gasteiger partial charge in [-0.3, -0.25) is 14.9 Å². The van der Waals surface area contributed by atoms with Gasteiger partial charge in [-0.1, -0.05) is 17.4 Å². The predicted octanol–water partition coefficient (Wildman–Crippen LogP) is 3.33. The molecule has 1 aromatic heterocycles. The molecule has 1 heterocycles. The fraction of sp³-hybridized carbons (Fsp3) is 0.278. The van der Waals surface area contributed by atoms with Crippen LogP contribution >= 0.6 is 11.3 Å². The number of nitrogens with one attached hydrogen (secondary N) is 1. The minimum atomic E-state index is -0.298. The number of thiazole rings is 1. The highest BCUT2D eigenvalue weighted by Gasteiger charge is 2.22. The fourth-order valence-electron chi connectivity index (χ4n) is 2.60. The number of carbonyl (C=O) groups is 2. The van der Waals surface area contributed by atoms with E-state index in [4.69, 9.17) is 9.47 Å². The number of hydrogen-bond donors (Lipinski definition) is 1. The largest absolute Gasteiger partial charge is 0.493 e. The third-order valence-electron chi connectivity index (χ3n) is 3.83. The summed E-state index contributed by atoms with van der Waals surface area (Å²) in [6, 6.07) is 5.38. The molecule has 0 bridgehead atoms. The van der Waals surface area contributed by atoms with Crippen molar-refractivity contribution in [1.29, 1.82) is 0 Å². The van der Waals surface area contributed by atoms with E-state index >= 15 is 0 Å². The fourth-order valence-corrected chi connectivity index (χ4v) is 3.58. The molecule has 1 amide bonds. The summed E-state index contributed by atoms with van der Waals surface area (Å²) >= 11 is 1.24. The Hall–Kier alpha value is -2.67. The quantitative estimate of drug-likeness (QED) is 0.830. The lowest BCUT2D eigenvalue weighted by Gasteiger charge is -2.07. The normalized spacial score (nSPS) is 13.6. The monoisotopic (exact) mass is 358 g/mol. The SMILES string of the molecule is COc1ccc(/C=C/C(=O)Nc2nc3c(s2)C(=O)CCC3)cc1OC. The molecule has 0 saturated carbocycles. The first-order valence-corrected chi connectivity index (χ1v) is 8.66. The first kappa shape index (κ1) is 17.2. The summed E-state index contributed by atoms with van der Waals surface area (Å²) in [5.74, 6) is 1.03. The smallest absolute Gasteiger partial charge is 0.250 e. The third-order valence-corrected chi connectivity index (χ3v) is 4.89. The van der Waals surface area contributed by atoms with E-state index in [1.54, 1.807) is 32.4 Å². The number of hydrogen-bond acceptors (Lipinski definition) is 6. The third kappa shape index (κ3) is 3.88. The van der Waals surface area contributed by atoms with Gasteiger partial charge in [-0.05, 0) is 36.6 Å². The molecule has 2 aromatic rings. The zero-order valence-corrected chi connectivity index (χ0v) is 14.8. The molecule has 0 aliphatic heterocycles. The summed E-state index contributed by atoms with van der Waals surface area (Å²) in [4.78, 5) is 28.9. The lowest BCUT2D eigenvalue weighted by molar-refractivity contribution is -0.111. The molecule has 1 N–H and O–H groups in total. The molecular formula is C18H18N2O4S. The lowest BCUT2D eigenvalue weighted by atomic mass is 10.0. The van der Waals surface area contributed by atoms with Crippen LogP contribution in [-0.4, -0.2) is 30.9 Å². The van der Waals surface area contributed by atoms with Crippen LogP contribution in [0.4, 0.5) is 5.13 Å². The molecule has 7 heteroatoms. The van der Waals surface area contributed by atoms with Crippen LogP contribution in [0.3, 0.4) is 0 Å². The number of methoxy groups -OCH3 is 2. The van der Waals surface area contributed by atoms with Gasteiger partial charge in [-0.25, -0.2) is 4.98 Å². The second-order valence-corrected chi connectivity index (χ2v) is 6.51. The zero-order valence-electron chi connectivity index (χ0n) is 14.0. The molecule has 3 rings (SSSR count). The number of benzene rings is 1. The van der Waals surface area contributed by atoms with Gasteiger partial charge in [0.05, 0.1) is 24.8 Å². The molecular weight excluding hydrogens is 340 g/mol. The zero-order chi connectivity index (χ0) is 17.8. The summed E-state index contributed by atoms with van der Waals surface area (Å²) in [7, 11) is 3.13. The van der Waals surface area contributed by atoms with E-state index in [1.165, 1.54) is 17.4 Å². The number of anilines is 1. The average Bonchev–Trinajstić information content (AvgIpc) is 3.03. The molecule has 0 spiro atoms. The van der Waals surface area contributed by atoms with Gasteiger partial charge in [0, 0.05) is 12.5 Å². The molecule has 0 saturated heterocycles. The van der Waals surface area contributed by atoms with Gasteiger partial charge >= 0.3 is 0 Å². The highest BCUT2D eigenvalue weighted by atomic mass is 32.1. The summed E-state index contributed by atoms with van der Waals surface area (Å²) in [5, 5.41) is 3.17. The summed E-state index contributed by atoms with van der Waals surface area (Å²) < 4.78 is 10.4. The number of amides is 1. The Bertz CT molecular complexity index is 842. The minimum absolute atomic E-state index is 0.111. The van der Waals surface area contributed by atoms with Crippen LogP contribution in [0, 0.1) is 0 Å². The minimum Gasteiger partial charge on any atom is -0.493 e. The molecule has 130 valence electrons. The van der Waals surface area contributed by atoms with E-state index < -0.39 is 0 Å². The number of rotatable bonds is 5. The number of fused-ring (bicyclic) bond motifs is 1. The van der Waals surface area contributed by atoms with Crippen LogP contribution in [-0.2, 0) is 11.2 Å². The molecule has 0 fully saturated rings. The number of ketones is 1. The summed E-state index contributed by atoms with van der Waals surface area (Å²) in [5.41, 5.74) is 1.60. The summed E-state index contributed by atoms with van der Waals surface area (Å²) in [6.07, 6.45) is 5.26. The van der Waals surface area contributed by atoms with Crippen molar-refractivity contribution in [2.24, 2.45) is 0 Å². The van der Waals surface area contributed by atoms with Crippen LogP contribution in [0.25, 0.3) is 6.08 Å². The van der Waals surface area contributed by atoms with Crippen molar-refractivity contribution >= 4 is 34.2 Å². The Morgan fingerprint density at radius 1 is 1.24 bits per heavy atom. The van der Waals surface area contributed by atoms with Gasteiger partial charge in [-0.2, -0.15) is 0 Å². The van der Waals surface area contributed by atoms with Gasteiger partial charge in [0.15, 0.2) is 22.4 Å². The van der Waals surface area contributed by atoms with E-state index in [0.717, 1.165) is 24.1 Å². The second-order valence-electron chi connectivity index (χ2n) is 5.51. The second kappa shape index (κ2) is 7.48. The Labute approximate surface area is 149 Å². The van der Waals surface area contributed by atoms with E-state index in [2.05, 4.69) is 10.3 Å². The maximum absolute atomic E-state index is 12.1. The first-order valence-electron chi connectivity index (χ1n) is 7.84. The Morgan fingerprint density at radius 3 is 2.76 bits per heavy atom. The number of aryl methyl sites for hydroxylation is 1. The Morgan fingerprint density at radius 2 is 2.04 bits per heavy atom. The number of Topliss-reactive ketones (excluding diaryl/α,β-unsaturated/α-hetero) is 1. The van der Waals surface area contributed by atoms with Gasteiger partial charge in [0.2, 0.25) is 5.91 Å². The van der Waals surface area contributed by atoms with E-state index in [9.17, 15) is 9.59 Å². The van der Waals surface area contributed by atoms with Gasteiger partial charge < -0.3 is 9.47 Å². The Balaban J connectivity index is 1.68. The van der Waals surface area contributed by atoms with Gasteiger partial charge in [0.25, 0.3) is 0 Å². The van der Waals surface area contributed by atoms with Crippen LogP contribution < -0.4 is 14.8 Å². The number of ether oxygens (including phenoxy) is 2. The van der Waals surface area contributed by atoms with Crippen molar-refractivity contribution in [3.8, 4) is 11.5 Å². The van der Waals surface area contributed by atoms with Crippen molar-refractivity contribution in [3.05, 3.63) is 40.4 Å². The van der Waals surface area contributed by atoms with Crippen molar-refractivity contribution < 1.29 is 19.1 Å². The Kier molecular flexibility index (Phi) is 5.14.